The maximum Gasteiger partial charge on any atom is 0.193 e. The maximum absolute atomic E-state index is 13.4. The van der Waals surface area contributed by atoms with Gasteiger partial charge in [-0.3, -0.25) is 4.99 Å². The summed E-state index contributed by atoms with van der Waals surface area (Å²) in [4.78, 5) is 6.33. The van der Waals surface area contributed by atoms with E-state index in [4.69, 9.17) is 0 Å². The van der Waals surface area contributed by atoms with Crippen molar-refractivity contribution in [2.45, 2.75) is 51.6 Å². The Bertz CT molecular complexity index is 770. The van der Waals surface area contributed by atoms with Crippen LogP contribution in [0.2, 0.25) is 0 Å². The molecule has 0 fully saturated rings. The summed E-state index contributed by atoms with van der Waals surface area (Å²) in [6.45, 7) is 2.46. The number of hydrogen-bond acceptors (Lipinski definition) is 3. The summed E-state index contributed by atoms with van der Waals surface area (Å²) in [5.74, 6) is 2.83. The molecule has 2 heterocycles. The molecule has 0 spiro atoms. The highest BCUT2D eigenvalue weighted by atomic mass is 19.1. The lowest BCUT2D eigenvalue weighted by Crippen LogP contribution is -2.39. The van der Waals surface area contributed by atoms with Gasteiger partial charge in [0.05, 0.1) is 0 Å². The van der Waals surface area contributed by atoms with Crippen molar-refractivity contribution in [3.8, 4) is 0 Å². The van der Waals surface area contributed by atoms with E-state index in [1.54, 1.807) is 19.2 Å². The van der Waals surface area contributed by atoms with E-state index in [1.165, 1.54) is 25.3 Å². The van der Waals surface area contributed by atoms with Crippen LogP contribution in [0.5, 0.6) is 0 Å². The fraction of sp³-hybridized carbons (Fsp3) is 0.550. The number of aromatic nitrogens is 3. The topological polar surface area (TPSA) is 58.3 Å². The highest BCUT2D eigenvalue weighted by molar-refractivity contribution is 5.79. The summed E-state index contributed by atoms with van der Waals surface area (Å²) in [5.41, 5.74) is 0.923. The van der Waals surface area contributed by atoms with Crippen molar-refractivity contribution in [3.05, 3.63) is 47.3 Å². The Morgan fingerprint density at radius 1 is 1.30 bits per heavy atom. The molecule has 1 aromatic heterocycles. The maximum atomic E-state index is 13.4. The van der Waals surface area contributed by atoms with Gasteiger partial charge < -0.3 is 14.8 Å². The Hall–Kier alpha value is -2.44. The third-order valence-corrected chi connectivity index (χ3v) is 4.93. The number of guanidine groups is 1. The molecule has 0 saturated carbocycles. The van der Waals surface area contributed by atoms with Gasteiger partial charge in [0.2, 0.25) is 0 Å². The van der Waals surface area contributed by atoms with Crippen molar-refractivity contribution in [2.24, 2.45) is 4.99 Å². The summed E-state index contributed by atoms with van der Waals surface area (Å²) in [5, 5.41) is 12.1. The lowest BCUT2D eigenvalue weighted by atomic mass is 10.2. The Kier molecular flexibility index (Phi) is 6.79. The molecule has 1 N–H and O–H groups in total. The van der Waals surface area contributed by atoms with Gasteiger partial charge in [0.25, 0.3) is 0 Å². The van der Waals surface area contributed by atoms with Crippen LogP contribution in [0.3, 0.4) is 0 Å². The second kappa shape index (κ2) is 9.48. The molecule has 0 saturated heterocycles. The number of nitrogens with zero attached hydrogens (tertiary/aromatic N) is 5. The second-order valence-corrected chi connectivity index (χ2v) is 7.06. The molecule has 0 bridgehead atoms. The van der Waals surface area contributed by atoms with Gasteiger partial charge in [-0.1, -0.05) is 18.6 Å². The smallest absolute Gasteiger partial charge is 0.193 e. The Balaban J connectivity index is 1.47. The van der Waals surface area contributed by atoms with Crippen LogP contribution in [0.1, 0.15) is 42.9 Å². The predicted octanol–water partition coefficient (Wildman–Crippen LogP) is 2.78. The van der Waals surface area contributed by atoms with Gasteiger partial charge in [0.1, 0.15) is 17.5 Å². The lowest BCUT2D eigenvalue weighted by molar-refractivity contribution is 0.473. The lowest BCUT2D eigenvalue weighted by Gasteiger charge is -2.22. The number of nitrogens with one attached hydrogen (secondary N) is 1. The average molecular weight is 372 g/mol. The van der Waals surface area contributed by atoms with Crippen LogP contribution >= 0.6 is 0 Å². The number of rotatable bonds is 6. The van der Waals surface area contributed by atoms with Crippen LogP contribution < -0.4 is 5.32 Å². The van der Waals surface area contributed by atoms with Gasteiger partial charge in [-0.15, -0.1) is 10.2 Å². The molecular formula is C20H29FN6. The standard InChI is InChI=1S/C20H29FN6/c1-22-20(26(2)15-16-8-6-9-17(21)14-16)23-12-7-11-19-25-24-18-10-4-3-5-13-27(18)19/h6,8-9,14H,3-5,7,10-13,15H2,1-2H3,(H,22,23). The minimum atomic E-state index is -0.212. The summed E-state index contributed by atoms with van der Waals surface area (Å²) in [6.07, 6.45) is 6.62. The van der Waals surface area contributed by atoms with Gasteiger partial charge in [-0.2, -0.15) is 0 Å². The molecule has 1 aromatic carbocycles. The first-order valence-corrected chi connectivity index (χ1v) is 9.74. The molecular weight excluding hydrogens is 343 g/mol. The fourth-order valence-electron chi connectivity index (χ4n) is 3.55. The van der Waals surface area contributed by atoms with Crippen LogP contribution in [0, 0.1) is 5.82 Å². The molecule has 1 aliphatic heterocycles. The molecule has 3 rings (SSSR count). The molecule has 6 nitrogen and oxygen atoms in total. The third kappa shape index (κ3) is 5.28. The summed E-state index contributed by atoms with van der Waals surface area (Å²) in [6, 6.07) is 6.67. The van der Waals surface area contributed by atoms with Crippen LogP contribution in [-0.4, -0.2) is 46.3 Å². The molecule has 27 heavy (non-hydrogen) atoms. The van der Waals surface area contributed by atoms with Crippen LogP contribution in [-0.2, 0) is 25.9 Å². The quantitative estimate of drug-likeness (QED) is 0.481. The van der Waals surface area contributed by atoms with Crippen molar-refractivity contribution in [2.75, 3.05) is 20.6 Å². The van der Waals surface area contributed by atoms with Gasteiger partial charge in [0, 0.05) is 46.6 Å². The normalized spacial score (nSPS) is 14.6. The van der Waals surface area contributed by atoms with E-state index in [0.717, 1.165) is 55.5 Å². The largest absolute Gasteiger partial charge is 0.356 e. The summed E-state index contributed by atoms with van der Waals surface area (Å²) >= 11 is 0. The summed E-state index contributed by atoms with van der Waals surface area (Å²) in [7, 11) is 3.72. The predicted molar refractivity (Wildman–Crippen MR) is 105 cm³/mol. The van der Waals surface area contributed by atoms with E-state index in [9.17, 15) is 4.39 Å². The van der Waals surface area contributed by atoms with E-state index in [0.29, 0.717) is 6.54 Å². The Morgan fingerprint density at radius 3 is 3.00 bits per heavy atom. The molecule has 0 aliphatic carbocycles. The number of fused-ring (bicyclic) bond motifs is 1. The van der Waals surface area contributed by atoms with E-state index < -0.39 is 0 Å². The highest BCUT2D eigenvalue weighted by Gasteiger charge is 2.14. The zero-order valence-corrected chi connectivity index (χ0v) is 16.3. The van der Waals surface area contributed by atoms with Crippen molar-refractivity contribution in [3.63, 3.8) is 0 Å². The minimum Gasteiger partial charge on any atom is -0.356 e. The third-order valence-electron chi connectivity index (χ3n) is 4.93. The molecule has 7 heteroatoms. The molecule has 1 aliphatic rings. The molecule has 2 aromatic rings. The second-order valence-electron chi connectivity index (χ2n) is 7.06. The first-order chi connectivity index (χ1) is 13.2. The average Bonchev–Trinajstić information content (AvgIpc) is 2.88. The first-order valence-electron chi connectivity index (χ1n) is 9.74. The molecule has 0 amide bonds. The number of benzene rings is 1. The van der Waals surface area contributed by atoms with E-state index >= 15 is 0 Å². The summed E-state index contributed by atoms with van der Waals surface area (Å²) < 4.78 is 15.7. The van der Waals surface area contributed by atoms with Crippen LogP contribution in [0.25, 0.3) is 0 Å². The fourth-order valence-corrected chi connectivity index (χ4v) is 3.55. The number of hydrogen-bond donors (Lipinski definition) is 1. The van der Waals surface area contributed by atoms with Crippen LogP contribution in [0.4, 0.5) is 4.39 Å². The van der Waals surface area contributed by atoms with Crippen molar-refractivity contribution >= 4 is 5.96 Å². The molecule has 146 valence electrons. The van der Waals surface area contributed by atoms with Crippen LogP contribution in [0.15, 0.2) is 29.3 Å². The van der Waals surface area contributed by atoms with Gasteiger partial charge in [-0.05, 0) is 37.0 Å². The monoisotopic (exact) mass is 372 g/mol. The zero-order chi connectivity index (χ0) is 19.1. The number of aliphatic imine (C=N–C) groups is 1. The van der Waals surface area contributed by atoms with Gasteiger partial charge in [-0.25, -0.2) is 4.39 Å². The number of aryl methyl sites for hydroxylation is 2. The minimum absolute atomic E-state index is 0.212. The molecule has 0 radical (unpaired) electrons. The van der Waals surface area contributed by atoms with Crippen molar-refractivity contribution in [1.29, 1.82) is 0 Å². The van der Waals surface area contributed by atoms with Crippen molar-refractivity contribution < 1.29 is 4.39 Å². The zero-order valence-electron chi connectivity index (χ0n) is 16.3. The first kappa shape index (κ1) is 19.3. The molecule has 0 atom stereocenters. The number of halogens is 1. The van der Waals surface area contributed by atoms with E-state index in [2.05, 4.69) is 25.1 Å². The van der Waals surface area contributed by atoms with Gasteiger partial charge in [0.15, 0.2) is 5.96 Å². The molecule has 0 unspecified atom stereocenters. The SMILES string of the molecule is CN=C(NCCCc1nnc2n1CCCCC2)N(C)Cc1cccc(F)c1. The van der Waals surface area contributed by atoms with Gasteiger partial charge >= 0.3 is 0 Å². The van der Waals surface area contributed by atoms with E-state index in [1.807, 2.05) is 18.0 Å². The van der Waals surface area contributed by atoms with Crippen molar-refractivity contribution in [1.82, 2.24) is 25.0 Å². The highest BCUT2D eigenvalue weighted by Crippen LogP contribution is 2.15. The Labute approximate surface area is 160 Å². The Morgan fingerprint density at radius 2 is 2.19 bits per heavy atom. The van der Waals surface area contributed by atoms with E-state index in [-0.39, 0.29) is 5.82 Å².